The van der Waals surface area contributed by atoms with Gasteiger partial charge in [-0.25, -0.2) is 4.39 Å². The van der Waals surface area contributed by atoms with Crippen LogP contribution in [-0.2, 0) is 0 Å². The molecule has 0 spiro atoms. The van der Waals surface area contributed by atoms with Crippen LogP contribution in [0, 0.1) is 12.7 Å². The van der Waals surface area contributed by atoms with Crippen molar-refractivity contribution in [3.63, 3.8) is 0 Å². The van der Waals surface area contributed by atoms with Crippen molar-refractivity contribution in [1.82, 2.24) is 9.80 Å². The fourth-order valence-electron chi connectivity index (χ4n) is 2.66. The molecule has 1 aliphatic heterocycles. The Labute approximate surface area is 114 Å². The number of aliphatic hydroxyl groups excluding tert-OH is 1. The molecule has 3 nitrogen and oxygen atoms in total. The molecule has 0 aromatic heterocycles. The van der Waals surface area contributed by atoms with Crippen LogP contribution in [0.5, 0.6) is 0 Å². The summed E-state index contributed by atoms with van der Waals surface area (Å²) in [6.45, 7) is 4.86. The third kappa shape index (κ3) is 3.53. The second-order valence-corrected chi connectivity index (χ2v) is 5.67. The number of rotatable bonds is 3. The van der Waals surface area contributed by atoms with E-state index in [1.807, 2.05) is 6.92 Å². The monoisotopic (exact) mass is 266 g/mol. The van der Waals surface area contributed by atoms with E-state index in [-0.39, 0.29) is 11.9 Å². The molecule has 0 bridgehead atoms. The average Bonchev–Trinajstić information content (AvgIpc) is 2.36. The largest absolute Gasteiger partial charge is 0.388 e. The number of nitrogens with zero attached hydrogens (tertiary/aromatic N) is 2. The van der Waals surface area contributed by atoms with Crippen LogP contribution in [0.25, 0.3) is 0 Å². The summed E-state index contributed by atoms with van der Waals surface area (Å²) in [5.41, 5.74) is 1.39. The van der Waals surface area contributed by atoms with Crippen LogP contribution in [0.1, 0.15) is 23.7 Å². The molecule has 0 aliphatic carbocycles. The van der Waals surface area contributed by atoms with Gasteiger partial charge in [0, 0.05) is 31.2 Å². The second kappa shape index (κ2) is 5.99. The summed E-state index contributed by atoms with van der Waals surface area (Å²) in [4.78, 5) is 4.50. The van der Waals surface area contributed by atoms with Crippen LogP contribution in [-0.4, -0.2) is 54.7 Å². The molecular formula is C15H23FN2O. The van der Waals surface area contributed by atoms with Crippen LogP contribution in [0.3, 0.4) is 0 Å². The SMILES string of the molecule is Cc1ccc(F)c(C(O)CC2CN(C)CCN2C)c1. The Morgan fingerprint density at radius 3 is 2.84 bits per heavy atom. The van der Waals surface area contributed by atoms with E-state index in [0.717, 1.165) is 25.2 Å². The molecule has 1 aromatic rings. The first-order chi connectivity index (χ1) is 8.97. The van der Waals surface area contributed by atoms with Gasteiger partial charge in [0.1, 0.15) is 5.82 Å². The number of aryl methyl sites for hydroxylation is 1. The van der Waals surface area contributed by atoms with Gasteiger partial charge in [0.05, 0.1) is 6.10 Å². The molecule has 19 heavy (non-hydrogen) atoms. The fourth-order valence-corrected chi connectivity index (χ4v) is 2.66. The van der Waals surface area contributed by atoms with E-state index in [1.165, 1.54) is 6.07 Å². The van der Waals surface area contributed by atoms with Gasteiger partial charge >= 0.3 is 0 Å². The van der Waals surface area contributed by atoms with Gasteiger partial charge in [0.2, 0.25) is 0 Å². The quantitative estimate of drug-likeness (QED) is 0.904. The van der Waals surface area contributed by atoms with Crippen molar-refractivity contribution in [2.24, 2.45) is 0 Å². The Kier molecular flexibility index (Phi) is 4.55. The minimum absolute atomic E-state index is 0.272. The number of piperazine rings is 1. The molecule has 1 heterocycles. The van der Waals surface area contributed by atoms with E-state index >= 15 is 0 Å². The van der Waals surface area contributed by atoms with Crippen molar-refractivity contribution in [2.75, 3.05) is 33.7 Å². The van der Waals surface area contributed by atoms with Gasteiger partial charge in [-0.1, -0.05) is 17.7 Å². The fraction of sp³-hybridized carbons (Fsp3) is 0.600. The van der Waals surface area contributed by atoms with E-state index in [9.17, 15) is 9.50 Å². The molecular weight excluding hydrogens is 243 g/mol. The van der Waals surface area contributed by atoms with Crippen molar-refractivity contribution in [3.8, 4) is 0 Å². The minimum atomic E-state index is -0.737. The number of likely N-dealkylation sites (N-methyl/N-ethyl adjacent to an activating group) is 2. The van der Waals surface area contributed by atoms with Crippen molar-refractivity contribution >= 4 is 0 Å². The van der Waals surface area contributed by atoms with E-state index in [1.54, 1.807) is 12.1 Å². The first-order valence-corrected chi connectivity index (χ1v) is 6.80. The molecule has 0 saturated carbocycles. The molecule has 0 amide bonds. The standard InChI is InChI=1S/C15H23FN2O/c1-11-4-5-14(16)13(8-11)15(19)9-12-10-17(2)6-7-18(12)3/h4-5,8,12,15,19H,6-7,9-10H2,1-3H3. The lowest BCUT2D eigenvalue weighted by Gasteiger charge is -2.38. The first kappa shape index (κ1) is 14.4. The normalized spacial score (nSPS) is 23.5. The minimum Gasteiger partial charge on any atom is -0.388 e. The van der Waals surface area contributed by atoms with Crippen molar-refractivity contribution in [3.05, 3.63) is 35.1 Å². The number of benzene rings is 1. The predicted octanol–water partition coefficient (Wildman–Crippen LogP) is 1.80. The zero-order valence-electron chi connectivity index (χ0n) is 11.9. The number of hydrogen-bond donors (Lipinski definition) is 1. The van der Waals surface area contributed by atoms with Crippen LogP contribution in [0.4, 0.5) is 4.39 Å². The van der Waals surface area contributed by atoms with E-state index in [0.29, 0.717) is 12.0 Å². The summed E-state index contributed by atoms with van der Waals surface area (Å²) >= 11 is 0. The highest BCUT2D eigenvalue weighted by Crippen LogP contribution is 2.25. The van der Waals surface area contributed by atoms with E-state index in [4.69, 9.17) is 0 Å². The molecule has 2 unspecified atom stereocenters. The molecule has 2 atom stereocenters. The van der Waals surface area contributed by atoms with Crippen LogP contribution in [0.2, 0.25) is 0 Å². The van der Waals surface area contributed by atoms with Gasteiger partial charge in [0.15, 0.2) is 0 Å². The van der Waals surface area contributed by atoms with Crippen molar-refractivity contribution in [1.29, 1.82) is 0 Å². The van der Waals surface area contributed by atoms with Crippen LogP contribution in [0.15, 0.2) is 18.2 Å². The maximum atomic E-state index is 13.8. The van der Waals surface area contributed by atoms with E-state index in [2.05, 4.69) is 23.9 Å². The van der Waals surface area contributed by atoms with Gasteiger partial charge in [-0.15, -0.1) is 0 Å². The highest BCUT2D eigenvalue weighted by Gasteiger charge is 2.26. The molecule has 1 N–H and O–H groups in total. The molecule has 1 saturated heterocycles. The predicted molar refractivity (Wildman–Crippen MR) is 74.6 cm³/mol. The summed E-state index contributed by atoms with van der Waals surface area (Å²) in [6.07, 6.45) is -0.167. The van der Waals surface area contributed by atoms with Gasteiger partial charge in [-0.2, -0.15) is 0 Å². The Hall–Kier alpha value is -0.970. The summed E-state index contributed by atoms with van der Waals surface area (Å²) in [7, 11) is 4.15. The average molecular weight is 266 g/mol. The molecule has 4 heteroatoms. The summed E-state index contributed by atoms with van der Waals surface area (Å²) in [6, 6.07) is 5.18. The maximum absolute atomic E-state index is 13.8. The summed E-state index contributed by atoms with van der Waals surface area (Å²) in [5, 5.41) is 10.3. The molecule has 2 rings (SSSR count). The highest BCUT2D eigenvalue weighted by molar-refractivity contribution is 5.26. The van der Waals surface area contributed by atoms with Gasteiger partial charge < -0.3 is 14.9 Å². The molecule has 106 valence electrons. The Bertz CT molecular complexity index is 438. The van der Waals surface area contributed by atoms with Crippen molar-refractivity contribution in [2.45, 2.75) is 25.5 Å². The summed E-state index contributed by atoms with van der Waals surface area (Å²) < 4.78 is 13.8. The summed E-state index contributed by atoms with van der Waals surface area (Å²) in [5.74, 6) is -0.315. The van der Waals surface area contributed by atoms with Crippen molar-refractivity contribution < 1.29 is 9.50 Å². The van der Waals surface area contributed by atoms with E-state index < -0.39 is 6.10 Å². The third-order valence-electron chi connectivity index (χ3n) is 3.99. The first-order valence-electron chi connectivity index (χ1n) is 6.80. The third-order valence-corrected chi connectivity index (χ3v) is 3.99. The molecule has 1 aromatic carbocycles. The van der Waals surface area contributed by atoms with Crippen LogP contribution >= 0.6 is 0 Å². The molecule has 0 radical (unpaired) electrons. The van der Waals surface area contributed by atoms with Gasteiger partial charge in [0.25, 0.3) is 0 Å². The molecule has 1 fully saturated rings. The highest BCUT2D eigenvalue weighted by atomic mass is 19.1. The zero-order valence-corrected chi connectivity index (χ0v) is 11.9. The zero-order chi connectivity index (χ0) is 14.0. The second-order valence-electron chi connectivity index (χ2n) is 5.67. The van der Waals surface area contributed by atoms with Gasteiger partial charge in [-0.05, 0) is 33.5 Å². The molecule has 1 aliphatic rings. The number of hydrogen-bond acceptors (Lipinski definition) is 3. The van der Waals surface area contributed by atoms with Crippen LogP contribution < -0.4 is 0 Å². The maximum Gasteiger partial charge on any atom is 0.129 e. The lowest BCUT2D eigenvalue weighted by Crippen LogP contribution is -2.50. The number of aliphatic hydroxyl groups is 1. The lowest BCUT2D eigenvalue weighted by atomic mass is 9.98. The lowest BCUT2D eigenvalue weighted by molar-refractivity contribution is 0.0621. The Morgan fingerprint density at radius 1 is 1.37 bits per heavy atom. The smallest absolute Gasteiger partial charge is 0.129 e. The Morgan fingerprint density at radius 2 is 2.11 bits per heavy atom. The number of halogens is 1. The van der Waals surface area contributed by atoms with Gasteiger partial charge in [-0.3, -0.25) is 0 Å². The Balaban J connectivity index is 2.07. The topological polar surface area (TPSA) is 26.7 Å².